The first-order chi connectivity index (χ1) is 15.5. The molecule has 4 rings (SSSR count). The fourth-order valence-electron chi connectivity index (χ4n) is 4.17. The molecule has 2 N–H and O–H groups in total. The zero-order chi connectivity index (χ0) is 22.5. The summed E-state index contributed by atoms with van der Waals surface area (Å²) in [5.41, 5.74) is 4.23. The number of fused-ring (bicyclic) bond motifs is 1. The van der Waals surface area contributed by atoms with Gasteiger partial charge in [-0.1, -0.05) is 78.3 Å². The van der Waals surface area contributed by atoms with Crippen LogP contribution in [0, 0.1) is 0 Å². The summed E-state index contributed by atoms with van der Waals surface area (Å²) in [5, 5.41) is 15.3. The van der Waals surface area contributed by atoms with Gasteiger partial charge < -0.3 is 15.0 Å². The molecule has 0 spiro atoms. The number of aromatic carboxylic acids is 1. The SMILES string of the molecule is CC(CCc1ccccc1)NCc1c(C(=O)O)n(Cc2ccccc2Cl)c2ccccc12. The van der Waals surface area contributed by atoms with E-state index in [2.05, 4.69) is 36.5 Å². The number of halogens is 1. The predicted octanol–water partition coefficient (Wildman–Crippen LogP) is 6.15. The predicted molar refractivity (Wildman–Crippen MR) is 131 cm³/mol. The van der Waals surface area contributed by atoms with E-state index in [-0.39, 0.29) is 6.04 Å². The molecule has 0 saturated carbocycles. The first-order valence-corrected chi connectivity index (χ1v) is 11.3. The van der Waals surface area contributed by atoms with Gasteiger partial charge in [0.05, 0.1) is 0 Å². The van der Waals surface area contributed by atoms with Crippen molar-refractivity contribution in [2.45, 2.75) is 38.9 Å². The van der Waals surface area contributed by atoms with Crippen LogP contribution in [0.3, 0.4) is 0 Å². The number of rotatable bonds is 9. The Balaban J connectivity index is 1.60. The summed E-state index contributed by atoms with van der Waals surface area (Å²) in [5.74, 6) is -0.929. The average molecular weight is 447 g/mol. The summed E-state index contributed by atoms with van der Waals surface area (Å²) in [4.78, 5) is 12.4. The molecule has 0 aliphatic rings. The van der Waals surface area contributed by atoms with Crippen molar-refractivity contribution >= 4 is 28.5 Å². The van der Waals surface area contributed by atoms with E-state index in [1.54, 1.807) is 0 Å². The normalized spacial score (nSPS) is 12.2. The second-order valence-corrected chi connectivity index (χ2v) is 8.54. The third kappa shape index (κ3) is 4.87. The van der Waals surface area contributed by atoms with Crippen LogP contribution in [0.1, 0.15) is 40.5 Å². The van der Waals surface area contributed by atoms with Gasteiger partial charge >= 0.3 is 5.97 Å². The van der Waals surface area contributed by atoms with Crippen LogP contribution in [0.2, 0.25) is 5.02 Å². The third-order valence-corrected chi connectivity index (χ3v) is 6.27. The van der Waals surface area contributed by atoms with Crippen molar-refractivity contribution in [3.63, 3.8) is 0 Å². The molecule has 0 radical (unpaired) electrons. The highest BCUT2D eigenvalue weighted by Gasteiger charge is 2.23. The largest absolute Gasteiger partial charge is 0.477 e. The molecule has 164 valence electrons. The van der Waals surface area contributed by atoms with Crippen molar-refractivity contribution in [2.24, 2.45) is 0 Å². The quantitative estimate of drug-likeness (QED) is 0.324. The van der Waals surface area contributed by atoms with Gasteiger partial charge in [-0.25, -0.2) is 4.79 Å². The molecule has 0 saturated heterocycles. The van der Waals surface area contributed by atoms with Gasteiger partial charge in [0.25, 0.3) is 0 Å². The van der Waals surface area contributed by atoms with E-state index >= 15 is 0 Å². The van der Waals surface area contributed by atoms with Crippen LogP contribution < -0.4 is 5.32 Å². The maximum Gasteiger partial charge on any atom is 0.352 e. The molecule has 5 heteroatoms. The number of hydrogen-bond acceptors (Lipinski definition) is 2. The Kier molecular flexibility index (Phi) is 6.93. The van der Waals surface area contributed by atoms with Crippen molar-refractivity contribution in [1.82, 2.24) is 9.88 Å². The Labute approximate surface area is 193 Å². The van der Waals surface area contributed by atoms with E-state index in [1.165, 1.54) is 5.56 Å². The molecule has 4 nitrogen and oxygen atoms in total. The van der Waals surface area contributed by atoms with Gasteiger partial charge in [0.2, 0.25) is 0 Å². The molecule has 1 atom stereocenters. The highest BCUT2D eigenvalue weighted by Crippen LogP contribution is 2.29. The summed E-state index contributed by atoms with van der Waals surface area (Å²) < 4.78 is 1.87. The first kappa shape index (κ1) is 22.1. The van der Waals surface area contributed by atoms with E-state index in [9.17, 15) is 9.90 Å². The lowest BCUT2D eigenvalue weighted by atomic mass is 10.1. The number of nitrogens with one attached hydrogen (secondary N) is 1. The number of carboxylic acids is 1. The standard InChI is InChI=1S/C27H27ClN2O2/c1-19(15-16-20-9-3-2-4-10-20)29-17-23-22-12-6-8-14-25(22)30(26(23)27(31)32)18-21-11-5-7-13-24(21)28/h2-14,19,29H,15-18H2,1H3,(H,31,32). The van der Waals surface area contributed by atoms with Gasteiger partial charge in [-0.2, -0.15) is 0 Å². The molecule has 0 aliphatic heterocycles. The Morgan fingerprint density at radius 3 is 2.44 bits per heavy atom. The van der Waals surface area contributed by atoms with E-state index < -0.39 is 5.97 Å². The fourth-order valence-corrected chi connectivity index (χ4v) is 4.36. The molecule has 0 amide bonds. The molecular formula is C27H27ClN2O2. The second-order valence-electron chi connectivity index (χ2n) is 8.13. The lowest BCUT2D eigenvalue weighted by Crippen LogP contribution is -2.27. The molecule has 0 bridgehead atoms. The summed E-state index contributed by atoms with van der Waals surface area (Å²) in [6, 6.07) is 26.1. The molecule has 1 aromatic heterocycles. The second kappa shape index (κ2) is 10.0. The van der Waals surface area contributed by atoms with E-state index in [4.69, 9.17) is 11.6 Å². The monoisotopic (exact) mass is 446 g/mol. The Morgan fingerprint density at radius 1 is 1.00 bits per heavy atom. The van der Waals surface area contributed by atoms with Crippen LogP contribution in [-0.2, 0) is 19.5 Å². The van der Waals surface area contributed by atoms with Crippen molar-refractivity contribution < 1.29 is 9.90 Å². The number of carboxylic acid groups (broad SMARTS) is 1. The molecule has 4 aromatic rings. The van der Waals surface area contributed by atoms with Crippen molar-refractivity contribution in [1.29, 1.82) is 0 Å². The lowest BCUT2D eigenvalue weighted by molar-refractivity contribution is 0.0684. The van der Waals surface area contributed by atoms with Crippen LogP contribution in [0.4, 0.5) is 0 Å². The maximum absolute atomic E-state index is 12.4. The van der Waals surface area contributed by atoms with Crippen molar-refractivity contribution in [3.8, 4) is 0 Å². The highest BCUT2D eigenvalue weighted by atomic mass is 35.5. The molecule has 1 heterocycles. The average Bonchev–Trinajstić information content (AvgIpc) is 3.12. The van der Waals surface area contributed by atoms with E-state index in [0.29, 0.717) is 23.8 Å². The lowest BCUT2D eigenvalue weighted by Gasteiger charge is -2.15. The Hall–Kier alpha value is -3.08. The summed E-state index contributed by atoms with van der Waals surface area (Å²) in [6.07, 6.45) is 1.96. The zero-order valence-electron chi connectivity index (χ0n) is 18.1. The van der Waals surface area contributed by atoms with Crippen LogP contribution in [-0.4, -0.2) is 21.7 Å². The van der Waals surface area contributed by atoms with Gasteiger partial charge in [0.15, 0.2) is 0 Å². The summed E-state index contributed by atoms with van der Waals surface area (Å²) in [7, 11) is 0. The van der Waals surface area contributed by atoms with Crippen molar-refractivity contribution in [3.05, 3.63) is 106 Å². The number of benzene rings is 3. The van der Waals surface area contributed by atoms with Gasteiger partial charge in [-0.15, -0.1) is 0 Å². The minimum Gasteiger partial charge on any atom is -0.477 e. The number of aryl methyl sites for hydroxylation is 1. The molecule has 0 aliphatic carbocycles. The van der Waals surface area contributed by atoms with Gasteiger partial charge in [-0.3, -0.25) is 0 Å². The molecule has 0 fully saturated rings. The molecule has 3 aromatic carbocycles. The van der Waals surface area contributed by atoms with Gasteiger partial charge in [0, 0.05) is 40.6 Å². The first-order valence-electron chi connectivity index (χ1n) is 10.9. The summed E-state index contributed by atoms with van der Waals surface area (Å²) in [6.45, 7) is 3.05. The fraction of sp³-hybridized carbons (Fsp3) is 0.222. The van der Waals surface area contributed by atoms with E-state index in [1.807, 2.05) is 59.2 Å². The summed E-state index contributed by atoms with van der Waals surface area (Å²) >= 11 is 6.38. The molecule has 32 heavy (non-hydrogen) atoms. The van der Waals surface area contributed by atoms with Crippen LogP contribution >= 0.6 is 11.6 Å². The molecular weight excluding hydrogens is 420 g/mol. The third-order valence-electron chi connectivity index (χ3n) is 5.90. The maximum atomic E-state index is 12.4. The van der Waals surface area contributed by atoms with Crippen molar-refractivity contribution in [2.75, 3.05) is 0 Å². The zero-order valence-corrected chi connectivity index (χ0v) is 18.8. The van der Waals surface area contributed by atoms with Gasteiger partial charge in [0.1, 0.15) is 5.69 Å². The minimum absolute atomic E-state index is 0.252. The Morgan fingerprint density at radius 2 is 1.69 bits per heavy atom. The number of aromatic nitrogens is 1. The number of para-hydroxylation sites is 1. The Bertz CT molecular complexity index is 1220. The van der Waals surface area contributed by atoms with E-state index in [0.717, 1.165) is 34.9 Å². The smallest absolute Gasteiger partial charge is 0.352 e. The number of nitrogens with zero attached hydrogens (tertiary/aromatic N) is 1. The minimum atomic E-state index is -0.929. The topological polar surface area (TPSA) is 54.3 Å². The highest BCUT2D eigenvalue weighted by molar-refractivity contribution is 6.31. The number of carbonyl (C=O) groups is 1. The van der Waals surface area contributed by atoms with Crippen LogP contribution in [0.25, 0.3) is 10.9 Å². The number of hydrogen-bond donors (Lipinski definition) is 2. The van der Waals surface area contributed by atoms with Crippen LogP contribution in [0.15, 0.2) is 78.9 Å². The van der Waals surface area contributed by atoms with Gasteiger partial charge in [-0.05, 0) is 43.0 Å². The molecule has 1 unspecified atom stereocenters. The van der Waals surface area contributed by atoms with Crippen LogP contribution in [0.5, 0.6) is 0 Å².